The first-order chi connectivity index (χ1) is 10.4. The Morgan fingerprint density at radius 2 is 1.82 bits per heavy atom. The van der Waals surface area contributed by atoms with Crippen LogP contribution in [0, 0.1) is 0 Å². The molecule has 22 heavy (non-hydrogen) atoms. The number of nitrogens with zero attached hydrogens (tertiary/aromatic N) is 1. The van der Waals surface area contributed by atoms with Crippen molar-refractivity contribution in [2.24, 2.45) is 0 Å². The molecule has 0 bridgehead atoms. The molecular formula is C14H21N3O5. The summed E-state index contributed by atoms with van der Waals surface area (Å²) in [5.41, 5.74) is 0.735. The molecule has 2 N–H and O–H groups in total. The van der Waals surface area contributed by atoms with E-state index in [1.807, 2.05) is 13.8 Å². The summed E-state index contributed by atoms with van der Waals surface area (Å²) in [6.07, 6.45) is -0.410. The minimum Gasteiger partial charge on any atom is -0.466 e. The Hall–Kier alpha value is -2.38. The molecule has 0 aromatic carbocycles. The van der Waals surface area contributed by atoms with Crippen LogP contribution < -0.4 is 5.32 Å². The van der Waals surface area contributed by atoms with Crippen molar-refractivity contribution >= 4 is 23.7 Å². The van der Waals surface area contributed by atoms with Crippen LogP contribution in [-0.2, 0) is 19.1 Å². The van der Waals surface area contributed by atoms with Gasteiger partial charge in [-0.15, -0.1) is 0 Å². The Kier molecular flexibility index (Phi) is 6.55. The number of H-pyrrole nitrogens is 1. The average molecular weight is 311 g/mol. The van der Waals surface area contributed by atoms with Gasteiger partial charge in [-0.05, 0) is 19.8 Å². The van der Waals surface area contributed by atoms with Gasteiger partial charge >= 0.3 is 11.9 Å². The number of aromatic nitrogens is 2. The second-order valence-electron chi connectivity index (χ2n) is 4.77. The number of hydrogen-bond donors (Lipinski definition) is 2. The monoisotopic (exact) mass is 311 g/mol. The molecular weight excluding hydrogens is 290 g/mol. The average Bonchev–Trinajstić information content (AvgIpc) is 2.82. The van der Waals surface area contributed by atoms with Crippen molar-refractivity contribution in [3.05, 3.63) is 11.3 Å². The smallest absolute Gasteiger partial charge is 0.356 e. The molecule has 1 rings (SSSR count). The molecule has 1 amide bonds. The molecule has 0 saturated heterocycles. The minimum absolute atomic E-state index is 0.0731. The minimum atomic E-state index is -0.618. The van der Waals surface area contributed by atoms with Gasteiger partial charge in [0.2, 0.25) is 5.91 Å². The summed E-state index contributed by atoms with van der Waals surface area (Å²) in [5.74, 6) is -1.57. The van der Waals surface area contributed by atoms with E-state index in [2.05, 4.69) is 15.5 Å². The van der Waals surface area contributed by atoms with Crippen LogP contribution in [0.1, 0.15) is 56.1 Å². The van der Waals surface area contributed by atoms with E-state index < -0.39 is 24.3 Å². The molecule has 1 aromatic heterocycles. The number of carbonyl (C=O) groups excluding carboxylic acids is 3. The Balaban J connectivity index is 2.89. The van der Waals surface area contributed by atoms with Gasteiger partial charge in [-0.1, -0.05) is 13.8 Å². The maximum absolute atomic E-state index is 11.9. The zero-order chi connectivity index (χ0) is 16.7. The maximum Gasteiger partial charge on any atom is 0.356 e. The summed E-state index contributed by atoms with van der Waals surface area (Å²) in [6, 6.07) is 0. The van der Waals surface area contributed by atoms with Crippen LogP contribution in [0.2, 0.25) is 0 Å². The lowest BCUT2D eigenvalue weighted by Gasteiger charge is -2.09. The summed E-state index contributed by atoms with van der Waals surface area (Å²) < 4.78 is 9.64. The van der Waals surface area contributed by atoms with Gasteiger partial charge in [0.15, 0.2) is 5.82 Å². The number of amides is 1. The molecule has 8 heteroatoms. The summed E-state index contributed by atoms with van der Waals surface area (Å²) in [4.78, 5) is 34.9. The van der Waals surface area contributed by atoms with Crippen molar-refractivity contribution in [3.8, 4) is 0 Å². The molecule has 0 aliphatic heterocycles. The third kappa shape index (κ3) is 4.57. The molecule has 122 valence electrons. The molecule has 0 aliphatic carbocycles. The van der Waals surface area contributed by atoms with Gasteiger partial charge in [0.05, 0.1) is 13.2 Å². The number of ether oxygens (including phenoxy) is 2. The fourth-order valence-corrected chi connectivity index (χ4v) is 1.89. The van der Waals surface area contributed by atoms with Gasteiger partial charge in [-0.2, -0.15) is 5.10 Å². The van der Waals surface area contributed by atoms with Crippen LogP contribution in [0.5, 0.6) is 0 Å². The Morgan fingerprint density at radius 3 is 2.36 bits per heavy atom. The second kappa shape index (κ2) is 8.16. The predicted molar refractivity (Wildman–Crippen MR) is 78.5 cm³/mol. The van der Waals surface area contributed by atoms with E-state index in [1.165, 1.54) is 0 Å². The van der Waals surface area contributed by atoms with Gasteiger partial charge < -0.3 is 14.8 Å². The first-order valence-corrected chi connectivity index (χ1v) is 7.11. The van der Waals surface area contributed by atoms with E-state index in [0.29, 0.717) is 5.56 Å². The number of carbonyl (C=O) groups is 3. The standard InChI is InChI=1S/C14H21N3O5/c1-5-21-10(19)7-9(18)15-13-11(8(3)4)12(16-17-13)14(20)22-6-2/h8H,5-7H2,1-4H3,(H2,15,16,17,18). The van der Waals surface area contributed by atoms with Crippen molar-refractivity contribution in [2.75, 3.05) is 18.5 Å². The quantitative estimate of drug-likeness (QED) is 0.584. The summed E-state index contributed by atoms with van der Waals surface area (Å²) in [5, 5.41) is 9.00. The summed E-state index contributed by atoms with van der Waals surface area (Å²) >= 11 is 0. The van der Waals surface area contributed by atoms with Gasteiger partial charge in [0.25, 0.3) is 0 Å². The molecule has 0 aliphatic rings. The van der Waals surface area contributed by atoms with E-state index in [1.54, 1.807) is 13.8 Å². The van der Waals surface area contributed by atoms with Crippen molar-refractivity contribution in [1.82, 2.24) is 10.2 Å². The number of aromatic amines is 1. The summed E-state index contributed by atoms with van der Waals surface area (Å²) in [6.45, 7) is 7.51. The third-order valence-corrected chi connectivity index (χ3v) is 2.73. The first kappa shape index (κ1) is 17.7. The predicted octanol–water partition coefficient (Wildman–Crippen LogP) is 1.60. The van der Waals surface area contributed by atoms with E-state index in [4.69, 9.17) is 9.47 Å². The van der Waals surface area contributed by atoms with Crippen molar-refractivity contribution < 1.29 is 23.9 Å². The number of anilines is 1. The van der Waals surface area contributed by atoms with Crippen LogP contribution >= 0.6 is 0 Å². The highest BCUT2D eigenvalue weighted by Gasteiger charge is 2.24. The SMILES string of the molecule is CCOC(=O)CC(=O)Nc1n[nH]c(C(=O)OCC)c1C(C)C. The Labute approximate surface area is 128 Å². The highest BCUT2D eigenvalue weighted by atomic mass is 16.5. The zero-order valence-electron chi connectivity index (χ0n) is 13.2. The largest absolute Gasteiger partial charge is 0.466 e. The first-order valence-electron chi connectivity index (χ1n) is 7.11. The molecule has 0 unspecified atom stereocenters. The van der Waals surface area contributed by atoms with Gasteiger partial charge in [0.1, 0.15) is 12.1 Å². The third-order valence-electron chi connectivity index (χ3n) is 2.73. The molecule has 0 fully saturated rings. The fraction of sp³-hybridized carbons (Fsp3) is 0.571. The number of nitrogens with one attached hydrogen (secondary N) is 2. The Bertz CT molecular complexity index is 551. The molecule has 1 heterocycles. The van der Waals surface area contributed by atoms with Crippen molar-refractivity contribution in [3.63, 3.8) is 0 Å². The topological polar surface area (TPSA) is 110 Å². The second-order valence-corrected chi connectivity index (χ2v) is 4.77. The van der Waals surface area contributed by atoms with E-state index in [-0.39, 0.29) is 30.6 Å². The highest BCUT2D eigenvalue weighted by Crippen LogP contribution is 2.26. The van der Waals surface area contributed by atoms with E-state index in [9.17, 15) is 14.4 Å². The molecule has 1 aromatic rings. The lowest BCUT2D eigenvalue weighted by atomic mass is 10.0. The lowest BCUT2D eigenvalue weighted by molar-refractivity contribution is -0.145. The van der Waals surface area contributed by atoms with E-state index in [0.717, 1.165) is 0 Å². The summed E-state index contributed by atoms with van der Waals surface area (Å²) in [7, 11) is 0. The van der Waals surface area contributed by atoms with Crippen molar-refractivity contribution in [2.45, 2.75) is 40.0 Å². The number of esters is 2. The number of rotatable bonds is 7. The lowest BCUT2D eigenvalue weighted by Crippen LogP contribution is -2.19. The highest BCUT2D eigenvalue weighted by molar-refractivity contribution is 6.02. The zero-order valence-corrected chi connectivity index (χ0v) is 13.2. The van der Waals surface area contributed by atoms with Gasteiger partial charge in [-0.3, -0.25) is 14.7 Å². The Morgan fingerprint density at radius 1 is 1.18 bits per heavy atom. The number of hydrogen-bond acceptors (Lipinski definition) is 6. The van der Waals surface area contributed by atoms with Crippen LogP contribution in [0.25, 0.3) is 0 Å². The maximum atomic E-state index is 11.9. The van der Waals surface area contributed by atoms with Gasteiger partial charge in [0, 0.05) is 5.56 Å². The van der Waals surface area contributed by atoms with Crippen LogP contribution in [0.3, 0.4) is 0 Å². The normalized spacial score (nSPS) is 10.4. The van der Waals surface area contributed by atoms with E-state index >= 15 is 0 Å². The van der Waals surface area contributed by atoms with Crippen LogP contribution in [0.4, 0.5) is 5.82 Å². The van der Waals surface area contributed by atoms with Crippen LogP contribution in [0.15, 0.2) is 0 Å². The molecule has 0 atom stereocenters. The van der Waals surface area contributed by atoms with Gasteiger partial charge in [-0.25, -0.2) is 4.79 Å². The molecule has 0 saturated carbocycles. The molecule has 8 nitrogen and oxygen atoms in total. The fourth-order valence-electron chi connectivity index (χ4n) is 1.89. The van der Waals surface area contributed by atoms with Crippen LogP contribution in [-0.4, -0.2) is 41.3 Å². The molecule has 0 spiro atoms. The van der Waals surface area contributed by atoms with Crippen molar-refractivity contribution in [1.29, 1.82) is 0 Å². The molecule has 0 radical (unpaired) electrons.